The summed E-state index contributed by atoms with van der Waals surface area (Å²) in [6.45, 7) is 10.3. The van der Waals surface area contributed by atoms with Crippen LogP contribution < -0.4 is 4.90 Å². The molecule has 3 aromatic rings. The highest BCUT2D eigenvalue weighted by Crippen LogP contribution is 2.33. The van der Waals surface area contributed by atoms with Crippen molar-refractivity contribution in [2.24, 2.45) is 0 Å². The molecule has 0 radical (unpaired) electrons. The van der Waals surface area contributed by atoms with Crippen LogP contribution in [0.3, 0.4) is 0 Å². The normalized spacial score (nSPS) is 15.2. The monoisotopic (exact) mass is 471 g/mol. The fourth-order valence-corrected chi connectivity index (χ4v) is 6.01. The van der Waals surface area contributed by atoms with Crippen LogP contribution in [0.1, 0.15) is 49.5 Å². The van der Waals surface area contributed by atoms with Crippen LogP contribution in [-0.2, 0) is 9.84 Å². The largest absolute Gasteiger partial charge is 0.345 e. The van der Waals surface area contributed by atoms with E-state index in [-0.39, 0.29) is 10.8 Å². The summed E-state index contributed by atoms with van der Waals surface area (Å²) in [5.41, 5.74) is 2.86. The summed E-state index contributed by atoms with van der Waals surface area (Å²) in [4.78, 5) is 22.2. The Kier molecular flexibility index (Phi) is 6.27. The lowest BCUT2D eigenvalue weighted by molar-refractivity contribution is 0.0746. The van der Waals surface area contributed by atoms with Crippen LogP contribution in [0.4, 0.5) is 5.13 Å². The molecule has 1 aliphatic rings. The molecule has 0 bridgehead atoms. The van der Waals surface area contributed by atoms with Crippen molar-refractivity contribution < 1.29 is 13.2 Å². The first kappa shape index (κ1) is 22.7. The van der Waals surface area contributed by atoms with Gasteiger partial charge in [0.15, 0.2) is 15.0 Å². The fraction of sp³-hybridized carbons (Fsp3) is 0.417. The number of aromatic nitrogens is 1. The Morgan fingerprint density at radius 3 is 2.22 bits per heavy atom. The molecule has 2 heterocycles. The number of para-hydroxylation sites is 1. The second kappa shape index (κ2) is 8.83. The van der Waals surface area contributed by atoms with Crippen LogP contribution in [0.25, 0.3) is 10.2 Å². The smallest absolute Gasteiger partial charge is 0.253 e. The zero-order valence-electron chi connectivity index (χ0n) is 18.9. The number of piperazine rings is 1. The molecule has 0 atom stereocenters. The van der Waals surface area contributed by atoms with E-state index < -0.39 is 15.1 Å². The molecule has 0 spiro atoms. The Labute approximate surface area is 193 Å². The molecule has 1 aromatic heterocycles. The molecule has 2 aromatic carbocycles. The van der Waals surface area contributed by atoms with Crippen molar-refractivity contribution in [2.45, 2.75) is 43.8 Å². The molecule has 1 fully saturated rings. The Morgan fingerprint density at radius 2 is 1.62 bits per heavy atom. The quantitative estimate of drug-likeness (QED) is 0.545. The lowest BCUT2D eigenvalue weighted by Crippen LogP contribution is -2.48. The molecule has 6 nitrogen and oxygen atoms in total. The van der Waals surface area contributed by atoms with Gasteiger partial charge in [-0.05, 0) is 55.7 Å². The summed E-state index contributed by atoms with van der Waals surface area (Å²) in [5.74, 6) is 0.356. The van der Waals surface area contributed by atoms with E-state index in [4.69, 9.17) is 4.98 Å². The van der Waals surface area contributed by atoms with E-state index in [1.807, 2.05) is 4.90 Å². The second-order valence-corrected chi connectivity index (χ2v) is 12.3. The van der Waals surface area contributed by atoms with Crippen LogP contribution in [0, 0.1) is 0 Å². The summed E-state index contributed by atoms with van der Waals surface area (Å²) < 4.78 is 25.8. The number of anilines is 1. The highest BCUT2D eigenvalue weighted by Gasteiger charge is 2.25. The van der Waals surface area contributed by atoms with E-state index >= 15 is 0 Å². The average Bonchev–Trinajstić information content (AvgIpc) is 3.23. The Morgan fingerprint density at radius 1 is 0.969 bits per heavy atom. The Balaban J connectivity index is 1.44. The Bertz CT molecular complexity index is 1220. The number of thiazole rings is 1. The number of fused-ring (bicyclic) bond motifs is 1. The van der Waals surface area contributed by atoms with Crippen molar-refractivity contribution in [1.82, 2.24) is 9.88 Å². The molecule has 1 aliphatic heterocycles. The minimum Gasteiger partial charge on any atom is -0.345 e. The number of hydrogen-bond acceptors (Lipinski definition) is 6. The molecule has 0 unspecified atom stereocenters. The predicted octanol–water partition coefficient (Wildman–Crippen LogP) is 4.56. The third-order valence-corrected chi connectivity index (χ3v) is 9.20. The van der Waals surface area contributed by atoms with Gasteiger partial charge in [-0.3, -0.25) is 4.79 Å². The number of carbonyl (C=O) groups excluding carboxylic acids is 1. The van der Waals surface area contributed by atoms with Gasteiger partial charge >= 0.3 is 0 Å². The standard InChI is InChI=1S/C24H29N3O3S2/c1-16(2)20-6-5-7-21-22(20)25-24(31-21)27-14-12-26(13-15-27)23(28)18-8-10-19(11-9-18)32(29,30)17(3)4/h5-11,16-17H,12-15H2,1-4H3. The van der Waals surface area contributed by atoms with Gasteiger partial charge in [0.1, 0.15) is 0 Å². The zero-order valence-corrected chi connectivity index (χ0v) is 20.5. The van der Waals surface area contributed by atoms with Crippen LogP contribution in [0.15, 0.2) is 47.4 Å². The minimum atomic E-state index is -3.34. The molecule has 8 heteroatoms. The first-order chi connectivity index (χ1) is 15.2. The number of benzene rings is 2. The topological polar surface area (TPSA) is 70.6 Å². The van der Waals surface area contributed by atoms with E-state index in [0.717, 1.165) is 23.7 Å². The summed E-state index contributed by atoms with van der Waals surface area (Å²) in [6, 6.07) is 12.7. The molecule has 4 rings (SSSR count). The maximum absolute atomic E-state index is 12.9. The van der Waals surface area contributed by atoms with Gasteiger partial charge in [0.05, 0.1) is 20.4 Å². The molecule has 32 heavy (non-hydrogen) atoms. The summed E-state index contributed by atoms with van der Waals surface area (Å²) in [7, 11) is -3.34. The molecule has 0 saturated carbocycles. The lowest BCUT2D eigenvalue weighted by Gasteiger charge is -2.34. The number of hydrogen-bond donors (Lipinski definition) is 0. The second-order valence-electron chi connectivity index (χ2n) is 8.74. The van der Waals surface area contributed by atoms with Gasteiger partial charge in [0, 0.05) is 31.7 Å². The number of carbonyl (C=O) groups is 1. The van der Waals surface area contributed by atoms with E-state index in [0.29, 0.717) is 24.6 Å². The summed E-state index contributed by atoms with van der Waals surface area (Å²) in [6.07, 6.45) is 0. The van der Waals surface area contributed by atoms with Gasteiger partial charge in [-0.25, -0.2) is 13.4 Å². The Hall–Kier alpha value is -2.45. The van der Waals surface area contributed by atoms with Crippen molar-refractivity contribution in [1.29, 1.82) is 0 Å². The fourth-order valence-electron chi connectivity index (χ4n) is 3.90. The van der Waals surface area contributed by atoms with Crippen LogP contribution >= 0.6 is 11.3 Å². The highest BCUT2D eigenvalue weighted by atomic mass is 32.2. The third kappa shape index (κ3) is 4.26. The van der Waals surface area contributed by atoms with Gasteiger partial charge < -0.3 is 9.80 Å². The molecule has 0 aliphatic carbocycles. The van der Waals surface area contributed by atoms with Crippen molar-refractivity contribution in [3.63, 3.8) is 0 Å². The van der Waals surface area contributed by atoms with Crippen LogP contribution in [0.5, 0.6) is 0 Å². The van der Waals surface area contributed by atoms with Gasteiger partial charge in [0.25, 0.3) is 5.91 Å². The molecule has 170 valence electrons. The molecular formula is C24H29N3O3S2. The van der Waals surface area contributed by atoms with Crippen molar-refractivity contribution in [3.8, 4) is 0 Å². The number of nitrogens with zero attached hydrogens (tertiary/aromatic N) is 3. The summed E-state index contributed by atoms with van der Waals surface area (Å²) in [5, 5.41) is 0.514. The van der Waals surface area contributed by atoms with Gasteiger partial charge in [-0.1, -0.05) is 37.3 Å². The van der Waals surface area contributed by atoms with E-state index in [2.05, 4.69) is 36.9 Å². The number of sulfone groups is 1. The van der Waals surface area contributed by atoms with Gasteiger partial charge in [0.2, 0.25) is 0 Å². The number of amides is 1. The molecule has 1 saturated heterocycles. The summed E-state index contributed by atoms with van der Waals surface area (Å²) >= 11 is 1.70. The molecule has 1 amide bonds. The van der Waals surface area contributed by atoms with Crippen LogP contribution in [-0.4, -0.2) is 55.6 Å². The van der Waals surface area contributed by atoms with Gasteiger partial charge in [-0.2, -0.15) is 0 Å². The minimum absolute atomic E-state index is 0.0652. The van der Waals surface area contributed by atoms with Gasteiger partial charge in [-0.15, -0.1) is 0 Å². The van der Waals surface area contributed by atoms with Crippen molar-refractivity contribution in [2.75, 3.05) is 31.1 Å². The zero-order chi connectivity index (χ0) is 23.0. The predicted molar refractivity (Wildman–Crippen MR) is 131 cm³/mol. The van der Waals surface area contributed by atoms with E-state index in [9.17, 15) is 13.2 Å². The maximum atomic E-state index is 12.9. The first-order valence-electron chi connectivity index (χ1n) is 11.0. The van der Waals surface area contributed by atoms with Crippen molar-refractivity contribution >= 4 is 42.4 Å². The SMILES string of the molecule is CC(C)c1cccc2sc(N3CCN(C(=O)c4ccc(S(=O)(=O)C(C)C)cc4)CC3)nc12. The molecule has 0 N–H and O–H groups in total. The first-order valence-corrected chi connectivity index (χ1v) is 13.3. The maximum Gasteiger partial charge on any atom is 0.253 e. The van der Waals surface area contributed by atoms with E-state index in [1.165, 1.54) is 22.4 Å². The average molecular weight is 472 g/mol. The number of rotatable bonds is 5. The highest BCUT2D eigenvalue weighted by molar-refractivity contribution is 7.92. The van der Waals surface area contributed by atoms with Crippen molar-refractivity contribution in [3.05, 3.63) is 53.6 Å². The van der Waals surface area contributed by atoms with E-state index in [1.54, 1.807) is 37.3 Å². The lowest BCUT2D eigenvalue weighted by atomic mass is 10.0. The third-order valence-electron chi connectivity index (χ3n) is 5.95. The molecular weight excluding hydrogens is 442 g/mol. The van der Waals surface area contributed by atoms with Crippen LogP contribution in [0.2, 0.25) is 0 Å².